The Morgan fingerprint density at radius 2 is 1.79 bits per heavy atom. The molecule has 6 rings (SSSR count). The average molecular weight is 471 g/mol. The van der Waals surface area contributed by atoms with Crippen LogP contribution in [0, 0.1) is 36.2 Å². The number of aromatic nitrogens is 5. The molecule has 1 aliphatic carbocycles. The second kappa shape index (κ2) is 8.14. The van der Waals surface area contributed by atoms with Gasteiger partial charge in [0.1, 0.15) is 12.1 Å². The van der Waals surface area contributed by atoms with E-state index in [1.54, 1.807) is 15.9 Å². The zero-order valence-electron chi connectivity index (χ0n) is 18.8. The highest BCUT2D eigenvalue weighted by molar-refractivity contribution is 5.60. The highest BCUT2D eigenvalue weighted by Gasteiger charge is 2.43. The van der Waals surface area contributed by atoms with Crippen LogP contribution in [0.1, 0.15) is 25.0 Å². The average Bonchev–Trinajstić information content (AvgIpc) is 3.33. The summed E-state index contributed by atoms with van der Waals surface area (Å²) in [6.45, 7) is 4.83. The van der Waals surface area contributed by atoms with Gasteiger partial charge in [0, 0.05) is 44.0 Å². The highest BCUT2D eigenvalue weighted by atomic mass is 19.2. The van der Waals surface area contributed by atoms with E-state index in [0.717, 1.165) is 43.5 Å². The van der Waals surface area contributed by atoms with Gasteiger partial charge in [-0.05, 0) is 50.2 Å². The van der Waals surface area contributed by atoms with Gasteiger partial charge in [-0.2, -0.15) is 4.98 Å². The third-order valence-corrected chi connectivity index (χ3v) is 7.19. The van der Waals surface area contributed by atoms with Crippen molar-refractivity contribution >= 4 is 23.4 Å². The quantitative estimate of drug-likeness (QED) is 0.584. The molecule has 2 fully saturated rings. The van der Waals surface area contributed by atoms with Crippen LogP contribution < -0.4 is 15.1 Å². The van der Waals surface area contributed by atoms with Crippen molar-refractivity contribution in [2.24, 2.45) is 11.8 Å². The molecule has 3 aliphatic rings. The molecule has 3 aromatic rings. The molecule has 11 heteroatoms. The van der Waals surface area contributed by atoms with Crippen molar-refractivity contribution in [2.75, 3.05) is 34.8 Å². The van der Waals surface area contributed by atoms with Gasteiger partial charge in [0.05, 0.1) is 5.69 Å². The fourth-order valence-electron chi connectivity index (χ4n) is 5.58. The number of fused-ring (bicyclic) bond motifs is 3. The van der Waals surface area contributed by atoms with Crippen LogP contribution in [0.4, 0.5) is 36.6 Å². The van der Waals surface area contributed by atoms with Gasteiger partial charge in [-0.25, -0.2) is 27.8 Å². The highest BCUT2D eigenvalue weighted by Crippen LogP contribution is 2.40. The van der Waals surface area contributed by atoms with Crippen molar-refractivity contribution in [1.29, 1.82) is 0 Å². The summed E-state index contributed by atoms with van der Waals surface area (Å²) in [5.41, 5.74) is 0.916. The van der Waals surface area contributed by atoms with Crippen molar-refractivity contribution in [3.05, 3.63) is 47.7 Å². The molecule has 0 radical (unpaired) electrons. The Bertz CT molecular complexity index is 1220. The van der Waals surface area contributed by atoms with Crippen LogP contribution in [0.3, 0.4) is 0 Å². The number of piperidine rings is 1. The molecule has 0 spiro atoms. The lowest BCUT2D eigenvalue weighted by Gasteiger charge is -2.38. The van der Waals surface area contributed by atoms with Gasteiger partial charge < -0.3 is 15.1 Å². The van der Waals surface area contributed by atoms with E-state index in [9.17, 15) is 13.2 Å². The third kappa shape index (κ3) is 3.54. The SMILES string of the molecule is Cc1cc(N2CC3CCC(C2)C3Nc2nc3n(n2)CCCN3c2ccc(F)c(F)c2F)ncn1. The Kier molecular flexibility index (Phi) is 5.07. The van der Waals surface area contributed by atoms with Crippen molar-refractivity contribution in [2.45, 2.75) is 38.8 Å². The van der Waals surface area contributed by atoms with E-state index in [2.05, 4.69) is 30.3 Å². The van der Waals surface area contributed by atoms with Crippen LogP contribution in [-0.2, 0) is 6.54 Å². The van der Waals surface area contributed by atoms with Crippen LogP contribution in [-0.4, -0.2) is 50.4 Å². The number of nitrogens with one attached hydrogen (secondary N) is 1. The monoisotopic (exact) mass is 470 g/mol. The summed E-state index contributed by atoms with van der Waals surface area (Å²) in [6, 6.07) is 4.43. The molecule has 1 saturated heterocycles. The maximum atomic E-state index is 14.5. The number of halogens is 3. The summed E-state index contributed by atoms with van der Waals surface area (Å²) >= 11 is 0. The normalized spacial score (nSPS) is 23.8. The first-order chi connectivity index (χ1) is 16.5. The van der Waals surface area contributed by atoms with E-state index in [-0.39, 0.29) is 11.7 Å². The zero-order chi connectivity index (χ0) is 23.4. The molecule has 34 heavy (non-hydrogen) atoms. The van der Waals surface area contributed by atoms with E-state index in [4.69, 9.17) is 0 Å². The summed E-state index contributed by atoms with van der Waals surface area (Å²) < 4.78 is 43.5. The molecule has 2 aromatic heterocycles. The van der Waals surface area contributed by atoms with Crippen molar-refractivity contribution in [3.63, 3.8) is 0 Å². The van der Waals surface area contributed by atoms with Crippen molar-refractivity contribution in [1.82, 2.24) is 24.7 Å². The molecule has 2 unspecified atom stereocenters. The standard InChI is InChI=1S/C23H25F3N8/c1-13-9-18(28-12-27-13)32-10-14-3-4-15(11-32)21(14)29-22-30-23-33(7-2-8-34(23)31-22)17-6-5-16(24)19(25)20(17)26/h5-6,9,12,14-15,21H,2-4,7-8,10-11H2,1H3,(H,29,31). The summed E-state index contributed by atoms with van der Waals surface area (Å²) in [5, 5.41) is 8.14. The van der Waals surface area contributed by atoms with E-state index >= 15 is 0 Å². The lowest BCUT2D eigenvalue weighted by molar-refractivity contribution is 0.374. The molecule has 4 heterocycles. The molecule has 178 valence electrons. The van der Waals surface area contributed by atoms with Crippen molar-refractivity contribution < 1.29 is 13.2 Å². The molecule has 2 aliphatic heterocycles. The molecule has 1 aromatic carbocycles. The fraction of sp³-hybridized carbons (Fsp3) is 0.478. The first-order valence-corrected chi connectivity index (χ1v) is 11.6. The fourth-order valence-corrected chi connectivity index (χ4v) is 5.58. The molecular weight excluding hydrogens is 445 g/mol. The first-order valence-electron chi connectivity index (χ1n) is 11.6. The third-order valence-electron chi connectivity index (χ3n) is 7.19. The van der Waals surface area contributed by atoms with Gasteiger partial charge in [0.2, 0.25) is 11.9 Å². The number of nitrogens with zero attached hydrogens (tertiary/aromatic N) is 7. The summed E-state index contributed by atoms with van der Waals surface area (Å²) in [7, 11) is 0. The number of aryl methyl sites for hydroxylation is 2. The maximum Gasteiger partial charge on any atom is 0.244 e. The summed E-state index contributed by atoms with van der Waals surface area (Å²) in [6.07, 6.45) is 4.53. The molecule has 2 atom stereocenters. The predicted molar refractivity (Wildman–Crippen MR) is 121 cm³/mol. The van der Waals surface area contributed by atoms with Gasteiger partial charge >= 0.3 is 0 Å². The minimum atomic E-state index is -1.48. The number of rotatable bonds is 4. The van der Waals surface area contributed by atoms with Gasteiger partial charge in [0.25, 0.3) is 0 Å². The number of anilines is 4. The Balaban J connectivity index is 1.22. The molecule has 0 amide bonds. The van der Waals surface area contributed by atoms with Crippen molar-refractivity contribution in [3.8, 4) is 0 Å². The predicted octanol–water partition coefficient (Wildman–Crippen LogP) is 3.66. The molecule has 2 bridgehead atoms. The van der Waals surface area contributed by atoms with E-state index in [1.807, 2.05) is 13.0 Å². The Labute approximate surface area is 194 Å². The lowest BCUT2D eigenvalue weighted by atomic mass is 9.92. The molecule has 1 N–H and O–H groups in total. The van der Waals surface area contributed by atoms with Crippen LogP contribution in [0.15, 0.2) is 24.5 Å². The second-order valence-electron chi connectivity index (χ2n) is 9.35. The molecular formula is C23H25F3N8. The lowest BCUT2D eigenvalue weighted by Crippen LogP contribution is -2.48. The number of hydrogen-bond donors (Lipinski definition) is 1. The van der Waals surface area contributed by atoms with Gasteiger partial charge in [0.15, 0.2) is 17.5 Å². The first kappa shape index (κ1) is 21.2. The van der Waals surface area contributed by atoms with Crippen LogP contribution in [0.2, 0.25) is 0 Å². The van der Waals surface area contributed by atoms with Crippen LogP contribution in [0.25, 0.3) is 0 Å². The minimum absolute atomic E-state index is 0.0349. The van der Waals surface area contributed by atoms with Gasteiger partial charge in [-0.3, -0.25) is 0 Å². The Morgan fingerprint density at radius 3 is 2.56 bits per heavy atom. The topological polar surface area (TPSA) is 75.0 Å². The minimum Gasteiger partial charge on any atom is -0.356 e. The summed E-state index contributed by atoms with van der Waals surface area (Å²) in [5.74, 6) is -1.17. The van der Waals surface area contributed by atoms with E-state index in [1.165, 1.54) is 6.07 Å². The molecule has 8 nitrogen and oxygen atoms in total. The smallest absolute Gasteiger partial charge is 0.244 e. The van der Waals surface area contributed by atoms with Crippen LogP contribution >= 0.6 is 0 Å². The number of hydrogen-bond acceptors (Lipinski definition) is 7. The second-order valence-corrected chi connectivity index (χ2v) is 9.35. The van der Waals surface area contributed by atoms with Gasteiger partial charge in [-0.15, -0.1) is 5.10 Å². The van der Waals surface area contributed by atoms with Crippen LogP contribution in [0.5, 0.6) is 0 Å². The van der Waals surface area contributed by atoms with Gasteiger partial charge in [-0.1, -0.05) is 0 Å². The number of benzene rings is 1. The maximum absolute atomic E-state index is 14.5. The van der Waals surface area contributed by atoms with E-state index in [0.29, 0.717) is 43.2 Å². The molecule has 1 saturated carbocycles. The van der Waals surface area contributed by atoms with E-state index < -0.39 is 17.5 Å². The summed E-state index contributed by atoms with van der Waals surface area (Å²) in [4.78, 5) is 17.2. The Morgan fingerprint density at radius 1 is 1.00 bits per heavy atom. The largest absolute Gasteiger partial charge is 0.356 e. The zero-order valence-corrected chi connectivity index (χ0v) is 18.8. The Hall–Kier alpha value is -3.37.